The second kappa shape index (κ2) is 2.23. The van der Waals surface area contributed by atoms with Crippen LogP contribution in [0.3, 0.4) is 0 Å². The minimum Gasteiger partial charge on any atom is -0.0807 e. The molecule has 1 atom stereocenters. The van der Waals surface area contributed by atoms with Crippen molar-refractivity contribution in [3.8, 4) is 0 Å². The zero-order valence-corrected chi connectivity index (χ0v) is 7.48. The molecule has 0 N–H and O–H groups in total. The maximum atomic E-state index is 2.41. The lowest BCUT2D eigenvalue weighted by atomic mass is 9.77. The summed E-state index contributed by atoms with van der Waals surface area (Å²) in [4.78, 5) is 0. The van der Waals surface area contributed by atoms with E-state index in [4.69, 9.17) is 0 Å². The summed E-state index contributed by atoms with van der Waals surface area (Å²) >= 11 is 0. The molecule has 0 aromatic heterocycles. The van der Waals surface area contributed by atoms with Crippen LogP contribution >= 0.6 is 0 Å². The first-order chi connectivity index (χ1) is 5.21. The zero-order chi connectivity index (χ0) is 7.90. The first kappa shape index (κ1) is 7.15. The molecule has 0 radical (unpaired) electrons. The van der Waals surface area contributed by atoms with Crippen LogP contribution in [0.25, 0.3) is 0 Å². The molecular formula is C11H16. The van der Waals surface area contributed by atoms with E-state index < -0.39 is 0 Å². The molecule has 2 rings (SSSR count). The Morgan fingerprint density at radius 1 is 1.45 bits per heavy atom. The number of fused-ring (bicyclic) bond motifs is 1. The summed E-state index contributed by atoms with van der Waals surface area (Å²) in [6.45, 7) is 4.62. The van der Waals surface area contributed by atoms with Crippen molar-refractivity contribution in [1.29, 1.82) is 0 Å². The monoisotopic (exact) mass is 148 g/mol. The van der Waals surface area contributed by atoms with E-state index in [1.54, 1.807) is 5.57 Å². The molecule has 1 fully saturated rings. The van der Waals surface area contributed by atoms with Gasteiger partial charge in [0.1, 0.15) is 0 Å². The Morgan fingerprint density at radius 2 is 2.27 bits per heavy atom. The third-order valence-corrected chi connectivity index (χ3v) is 3.23. The lowest BCUT2D eigenvalue weighted by molar-refractivity contribution is 0.411. The highest BCUT2D eigenvalue weighted by molar-refractivity contribution is 5.33. The van der Waals surface area contributed by atoms with E-state index in [0.29, 0.717) is 5.41 Å². The minimum atomic E-state index is 0.555. The van der Waals surface area contributed by atoms with Gasteiger partial charge in [0.05, 0.1) is 0 Å². The summed E-state index contributed by atoms with van der Waals surface area (Å²) in [5.74, 6) is 0. The van der Waals surface area contributed by atoms with Crippen molar-refractivity contribution in [1.82, 2.24) is 0 Å². The SMILES string of the molecule is CC1=CCC2(C)CCCC2=C1. The molecular weight excluding hydrogens is 132 g/mol. The fraction of sp³-hybridized carbons (Fsp3) is 0.636. The second-order valence-corrected chi connectivity index (χ2v) is 4.24. The van der Waals surface area contributed by atoms with Gasteiger partial charge in [0.15, 0.2) is 0 Å². The highest BCUT2D eigenvalue weighted by Crippen LogP contribution is 2.48. The van der Waals surface area contributed by atoms with Gasteiger partial charge in [-0.25, -0.2) is 0 Å². The fourth-order valence-electron chi connectivity index (χ4n) is 2.33. The molecule has 0 saturated heterocycles. The molecule has 0 aromatic carbocycles. The second-order valence-electron chi connectivity index (χ2n) is 4.24. The van der Waals surface area contributed by atoms with Gasteiger partial charge < -0.3 is 0 Å². The lowest BCUT2D eigenvalue weighted by Crippen LogP contribution is -2.15. The molecule has 11 heavy (non-hydrogen) atoms. The topological polar surface area (TPSA) is 0 Å². The fourth-order valence-corrected chi connectivity index (χ4v) is 2.33. The van der Waals surface area contributed by atoms with Gasteiger partial charge in [-0.15, -0.1) is 0 Å². The molecule has 0 heteroatoms. The number of hydrogen-bond acceptors (Lipinski definition) is 0. The molecule has 0 nitrogen and oxygen atoms in total. The maximum absolute atomic E-state index is 2.41. The molecule has 0 spiro atoms. The molecule has 1 saturated carbocycles. The Kier molecular flexibility index (Phi) is 1.45. The van der Waals surface area contributed by atoms with Crippen LogP contribution in [0.2, 0.25) is 0 Å². The van der Waals surface area contributed by atoms with Crippen LogP contribution in [0.5, 0.6) is 0 Å². The molecule has 2 aliphatic carbocycles. The molecule has 0 aliphatic heterocycles. The third-order valence-electron chi connectivity index (χ3n) is 3.23. The summed E-state index contributed by atoms with van der Waals surface area (Å²) in [7, 11) is 0. The van der Waals surface area contributed by atoms with E-state index in [9.17, 15) is 0 Å². The zero-order valence-electron chi connectivity index (χ0n) is 7.48. The van der Waals surface area contributed by atoms with Crippen LogP contribution in [0, 0.1) is 5.41 Å². The average Bonchev–Trinajstić information content (AvgIpc) is 2.31. The third kappa shape index (κ3) is 1.05. The number of hydrogen-bond donors (Lipinski definition) is 0. The first-order valence-corrected chi connectivity index (χ1v) is 4.58. The van der Waals surface area contributed by atoms with E-state index in [-0.39, 0.29) is 0 Å². The maximum Gasteiger partial charge on any atom is -0.00784 e. The van der Waals surface area contributed by atoms with Gasteiger partial charge in [-0.1, -0.05) is 30.2 Å². The number of rotatable bonds is 0. The predicted octanol–water partition coefficient (Wildman–Crippen LogP) is 3.45. The highest BCUT2D eigenvalue weighted by Gasteiger charge is 2.33. The van der Waals surface area contributed by atoms with Crippen LogP contribution in [0.1, 0.15) is 39.5 Å². The van der Waals surface area contributed by atoms with Crippen molar-refractivity contribution in [2.45, 2.75) is 39.5 Å². The molecule has 60 valence electrons. The Labute approximate surface area is 69.0 Å². The van der Waals surface area contributed by atoms with Crippen molar-refractivity contribution in [2.75, 3.05) is 0 Å². The molecule has 0 aromatic rings. The Balaban J connectivity index is 2.34. The van der Waals surface area contributed by atoms with Crippen LogP contribution in [-0.2, 0) is 0 Å². The van der Waals surface area contributed by atoms with Crippen molar-refractivity contribution in [2.24, 2.45) is 5.41 Å². The van der Waals surface area contributed by atoms with Crippen LogP contribution in [-0.4, -0.2) is 0 Å². The van der Waals surface area contributed by atoms with Gasteiger partial charge >= 0.3 is 0 Å². The van der Waals surface area contributed by atoms with E-state index in [0.717, 1.165) is 0 Å². The van der Waals surface area contributed by atoms with E-state index in [1.165, 1.54) is 31.3 Å². The number of allylic oxidation sites excluding steroid dienone is 4. The van der Waals surface area contributed by atoms with Gasteiger partial charge in [0.2, 0.25) is 0 Å². The van der Waals surface area contributed by atoms with E-state index >= 15 is 0 Å². The smallest absolute Gasteiger partial charge is 0.00784 e. The van der Waals surface area contributed by atoms with Crippen molar-refractivity contribution in [3.05, 3.63) is 23.3 Å². The normalized spacial score (nSPS) is 36.2. The minimum absolute atomic E-state index is 0.555. The Bertz CT molecular complexity index is 232. The highest BCUT2D eigenvalue weighted by atomic mass is 14.4. The summed E-state index contributed by atoms with van der Waals surface area (Å²) in [5, 5.41) is 0. The standard InChI is InChI=1S/C11H16/c1-9-5-7-11(2)6-3-4-10(11)8-9/h5,8H,3-4,6-7H2,1-2H3. The molecule has 2 aliphatic rings. The Morgan fingerprint density at radius 3 is 3.09 bits per heavy atom. The van der Waals surface area contributed by atoms with E-state index in [2.05, 4.69) is 26.0 Å². The summed E-state index contributed by atoms with van der Waals surface area (Å²) in [5.41, 5.74) is 3.73. The van der Waals surface area contributed by atoms with Gasteiger partial charge in [-0.2, -0.15) is 0 Å². The van der Waals surface area contributed by atoms with Crippen LogP contribution in [0.4, 0.5) is 0 Å². The van der Waals surface area contributed by atoms with Gasteiger partial charge in [0, 0.05) is 0 Å². The predicted molar refractivity (Wildman–Crippen MR) is 48.4 cm³/mol. The van der Waals surface area contributed by atoms with Gasteiger partial charge in [-0.3, -0.25) is 0 Å². The first-order valence-electron chi connectivity index (χ1n) is 4.58. The van der Waals surface area contributed by atoms with Crippen molar-refractivity contribution < 1.29 is 0 Å². The summed E-state index contributed by atoms with van der Waals surface area (Å²) in [6.07, 6.45) is 10.2. The lowest BCUT2D eigenvalue weighted by Gasteiger charge is -2.28. The van der Waals surface area contributed by atoms with Gasteiger partial charge in [-0.05, 0) is 38.0 Å². The van der Waals surface area contributed by atoms with Crippen molar-refractivity contribution >= 4 is 0 Å². The molecule has 0 bridgehead atoms. The molecule has 0 amide bonds. The van der Waals surface area contributed by atoms with E-state index in [1.807, 2.05) is 0 Å². The average molecular weight is 148 g/mol. The molecule has 1 unspecified atom stereocenters. The molecule has 0 heterocycles. The van der Waals surface area contributed by atoms with Crippen LogP contribution in [0.15, 0.2) is 23.3 Å². The van der Waals surface area contributed by atoms with Gasteiger partial charge in [0.25, 0.3) is 0 Å². The summed E-state index contributed by atoms with van der Waals surface area (Å²) in [6, 6.07) is 0. The van der Waals surface area contributed by atoms with Crippen molar-refractivity contribution in [3.63, 3.8) is 0 Å². The summed E-state index contributed by atoms with van der Waals surface area (Å²) < 4.78 is 0. The quantitative estimate of drug-likeness (QED) is 0.493. The van der Waals surface area contributed by atoms with Crippen LogP contribution < -0.4 is 0 Å². The Hall–Kier alpha value is -0.520. The largest absolute Gasteiger partial charge is 0.0807 e.